The summed E-state index contributed by atoms with van der Waals surface area (Å²) in [6.45, 7) is 3.86. The van der Waals surface area contributed by atoms with Crippen molar-refractivity contribution in [1.29, 1.82) is 0 Å². The van der Waals surface area contributed by atoms with Crippen LogP contribution in [0.1, 0.15) is 25.0 Å². The van der Waals surface area contributed by atoms with Crippen molar-refractivity contribution in [3.05, 3.63) is 74.3 Å². The molecule has 0 atom stereocenters. The van der Waals surface area contributed by atoms with Crippen LogP contribution in [-0.2, 0) is 24.2 Å². The van der Waals surface area contributed by atoms with E-state index in [9.17, 15) is 14.4 Å². The van der Waals surface area contributed by atoms with E-state index in [1.807, 2.05) is 12.1 Å². The van der Waals surface area contributed by atoms with Crippen LogP contribution in [0.2, 0.25) is 0 Å². The summed E-state index contributed by atoms with van der Waals surface area (Å²) in [5.41, 5.74) is 2.18. The van der Waals surface area contributed by atoms with Gasteiger partial charge in [-0.25, -0.2) is 4.68 Å². The molecule has 2 aromatic carbocycles. The largest absolute Gasteiger partial charge is 0.324 e. The minimum absolute atomic E-state index is 0.253. The van der Waals surface area contributed by atoms with E-state index in [0.29, 0.717) is 16.5 Å². The highest BCUT2D eigenvalue weighted by Crippen LogP contribution is 2.16. The Morgan fingerprint density at radius 2 is 1.62 bits per heavy atom. The zero-order chi connectivity index (χ0) is 18.7. The third-order valence-corrected chi connectivity index (χ3v) is 4.34. The van der Waals surface area contributed by atoms with Gasteiger partial charge in [0.15, 0.2) is 0 Å². The molecule has 6 nitrogen and oxygen atoms in total. The van der Waals surface area contributed by atoms with Gasteiger partial charge in [0.25, 0.3) is 11.1 Å². The molecule has 0 aliphatic carbocycles. The second-order valence-corrected chi connectivity index (χ2v) is 6.17. The molecule has 3 aromatic rings. The average Bonchev–Trinajstić information content (AvgIpc) is 2.65. The third-order valence-electron chi connectivity index (χ3n) is 4.34. The Labute approximate surface area is 150 Å². The van der Waals surface area contributed by atoms with E-state index in [1.165, 1.54) is 0 Å². The van der Waals surface area contributed by atoms with Crippen molar-refractivity contribution in [2.45, 2.75) is 33.2 Å². The molecule has 2 N–H and O–H groups in total. The normalized spacial score (nSPS) is 10.8. The van der Waals surface area contributed by atoms with E-state index < -0.39 is 11.1 Å². The molecule has 0 unspecified atom stereocenters. The summed E-state index contributed by atoms with van der Waals surface area (Å²) < 4.78 is 1.05. The molecular weight excluding hydrogens is 330 g/mol. The van der Waals surface area contributed by atoms with Crippen molar-refractivity contribution in [2.24, 2.45) is 0 Å². The van der Waals surface area contributed by atoms with Crippen molar-refractivity contribution >= 4 is 22.4 Å². The maximum Gasteiger partial charge on any atom is 0.273 e. The number of anilines is 1. The summed E-state index contributed by atoms with van der Waals surface area (Å²) >= 11 is 0. The fourth-order valence-electron chi connectivity index (χ4n) is 2.95. The Morgan fingerprint density at radius 1 is 1.00 bits per heavy atom. The Kier molecular flexibility index (Phi) is 5.02. The van der Waals surface area contributed by atoms with Gasteiger partial charge in [0.05, 0.1) is 10.8 Å². The van der Waals surface area contributed by atoms with E-state index >= 15 is 0 Å². The second-order valence-electron chi connectivity index (χ2n) is 6.17. The summed E-state index contributed by atoms with van der Waals surface area (Å²) in [6.07, 6.45) is 1.74. The first-order chi connectivity index (χ1) is 12.5. The SMILES string of the molecule is CCc1cc(CC)cc(NC(=O)Cn2[nH]c(=O)c3ccccc3c2=O)c1. The Morgan fingerprint density at radius 3 is 2.23 bits per heavy atom. The first-order valence-electron chi connectivity index (χ1n) is 8.66. The number of H-pyrrole nitrogens is 1. The minimum Gasteiger partial charge on any atom is -0.324 e. The van der Waals surface area contributed by atoms with Gasteiger partial charge < -0.3 is 5.32 Å². The van der Waals surface area contributed by atoms with Crippen molar-refractivity contribution in [3.8, 4) is 0 Å². The van der Waals surface area contributed by atoms with Gasteiger partial charge in [-0.2, -0.15) is 0 Å². The maximum atomic E-state index is 12.5. The first-order valence-corrected chi connectivity index (χ1v) is 8.66. The lowest BCUT2D eigenvalue weighted by atomic mass is 10.1. The van der Waals surface area contributed by atoms with Crippen LogP contribution < -0.4 is 16.4 Å². The molecule has 0 bridgehead atoms. The number of hydrogen-bond acceptors (Lipinski definition) is 3. The fraction of sp³-hybridized carbons (Fsp3) is 0.250. The smallest absolute Gasteiger partial charge is 0.273 e. The lowest BCUT2D eigenvalue weighted by molar-refractivity contribution is -0.117. The zero-order valence-corrected chi connectivity index (χ0v) is 14.8. The fourth-order valence-corrected chi connectivity index (χ4v) is 2.95. The highest BCUT2D eigenvalue weighted by Gasteiger charge is 2.11. The molecular formula is C20H21N3O3. The number of carbonyl (C=O) groups is 1. The topological polar surface area (TPSA) is 84.0 Å². The van der Waals surface area contributed by atoms with Crippen LogP contribution in [0.3, 0.4) is 0 Å². The highest BCUT2D eigenvalue weighted by molar-refractivity contribution is 5.91. The van der Waals surface area contributed by atoms with Crippen molar-refractivity contribution < 1.29 is 4.79 Å². The van der Waals surface area contributed by atoms with E-state index in [1.54, 1.807) is 24.3 Å². The van der Waals surface area contributed by atoms with Crippen molar-refractivity contribution in [3.63, 3.8) is 0 Å². The Bertz CT molecular complexity index is 1060. The summed E-state index contributed by atoms with van der Waals surface area (Å²) in [4.78, 5) is 37.0. The third kappa shape index (κ3) is 3.59. The number of rotatable bonds is 5. The predicted molar refractivity (Wildman–Crippen MR) is 103 cm³/mol. The van der Waals surface area contributed by atoms with E-state index in [0.717, 1.165) is 28.7 Å². The number of nitrogens with one attached hydrogen (secondary N) is 2. The number of carbonyl (C=O) groups excluding carboxylic acids is 1. The van der Waals surface area contributed by atoms with Crippen molar-refractivity contribution in [2.75, 3.05) is 5.32 Å². The van der Waals surface area contributed by atoms with E-state index in [-0.39, 0.29) is 12.5 Å². The number of hydrogen-bond donors (Lipinski definition) is 2. The van der Waals surface area contributed by atoms with Crippen LogP contribution in [0.15, 0.2) is 52.1 Å². The van der Waals surface area contributed by atoms with Gasteiger partial charge in [-0.3, -0.25) is 19.5 Å². The number of aromatic nitrogens is 2. The van der Waals surface area contributed by atoms with Crippen LogP contribution in [-0.4, -0.2) is 15.7 Å². The number of amides is 1. The van der Waals surface area contributed by atoms with Gasteiger partial charge in [-0.1, -0.05) is 32.0 Å². The average molecular weight is 351 g/mol. The minimum atomic E-state index is -0.396. The Balaban J connectivity index is 1.87. The molecule has 0 aliphatic rings. The van der Waals surface area contributed by atoms with Crippen LogP contribution in [0.4, 0.5) is 5.69 Å². The molecule has 0 spiro atoms. The molecule has 3 rings (SSSR count). The molecule has 1 heterocycles. The monoisotopic (exact) mass is 351 g/mol. The van der Waals surface area contributed by atoms with Crippen LogP contribution >= 0.6 is 0 Å². The summed E-state index contributed by atoms with van der Waals surface area (Å²) in [5.74, 6) is -0.367. The van der Waals surface area contributed by atoms with E-state index in [4.69, 9.17) is 0 Å². The molecule has 0 saturated carbocycles. The molecule has 0 aliphatic heterocycles. The predicted octanol–water partition coefficient (Wildman–Crippen LogP) is 2.45. The van der Waals surface area contributed by atoms with Gasteiger partial charge in [-0.15, -0.1) is 0 Å². The molecule has 0 fully saturated rings. The van der Waals surface area contributed by atoms with Gasteiger partial charge >= 0.3 is 0 Å². The molecule has 0 saturated heterocycles. The highest BCUT2D eigenvalue weighted by atomic mass is 16.2. The molecule has 1 amide bonds. The maximum absolute atomic E-state index is 12.5. The van der Waals surface area contributed by atoms with Crippen molar-refractivity contribution in [1.82, 2.24) is 9.78 Å². The number of aromatic amines is 1. The number of nitrogens with zero attached hydrogens (tertiary/aromatic N) is 1. The summed E-state index contributed by atoms with van der Waals surface area (Å²) in [7, 11) is 0. The molecule has 26 heavy (non-hydrogen) atoms. The van der Waals surface area contributed by atoms with Gasteiger partial charge in [0, 0.05) is 5.69 Å². The van der Waals surface area contributed by atoms with Gasteiger partial charge in [-0.05, 0) is 48.2 Å². The molecule has 0 radical (unpaired) electrons. The van der Waals surface area contributed by atoms with Crippen LogP contribution in [0.25, 0.3) is 10.8 Å². The summed E-state index contributed by atoms with van der Waals surface area (Å²) in [6, 6.07) is 12.5. The summed E-state index contributed by atoms with van der Waals surface area (Å²) in [5, 5.41) is 5.90. The standard InChI is InChI=1S/C20H21N3O3/c1-3-13-9-14(4-2)11-15(10-13)21-18(24)12-23-20(26)17-8-6-5-7-16(17)19(25)22-23/h5-11H,3-4,12H2,1-2H3,(H,21,24)(H,22,25). The number of aryl methyl sites for hydroxylation is 2. The number of benzene rings is 2. The van der Waals surface area contributed by atoms with Crippen LogP contribution in [0.5, 0.6) is 0 Å². The second kappa shape index (κ2) is 7.39. The Hall–Kier alpha value is -3.15. The first kappa shape index (κ1) is 17.7. The van der Waals surface area contributed by atoms with Gasteiger partial charge in [0.1, 0.15) is 6.54 Å². The number of fused-ring (bicyclic) bond motifs is 1. The lowest BCUT2D eigenvalue weighted by Gasteiger charge is -2.11. The zero-order valence-electron chi connectivity index (χ0n) is 14.8. The van der Waals surface area contributed by atoms with E-state index in [2.05, 4.69) is 30.3 Å². The molecule has 1 aromatic heterocycles. The quantitative estimate of drug-likeness (QED) is 0.740. The van der Waals surface area contributed by atoms with Crippen LogP contribution in [0, 0.1) is 0 Å². The van der Waals surface area contributed by atoms with Gasteiger partial charge in [0.2, 0.25) is 5.91 Å². The molecule has 134 valence electrons. The molecule has 6 heteroatoms. The lowest BCUT2D eigenvalue weighted by Crippen LogP contribution is -2.34.